The summed E-state index contributed by atoms with van der Waals surface area (Å²) in [6.45, 7) is 0.678. The highest BCUT2D eigenvalue weighted by Gasteiger charge is 2.17. The van der Waals surface area contributed by atoms with Crippen LogP contribution in [0.4, 0.5) is 4.39 Å². The normalized spacial score (nSPS) is 11.1. The van der Waals surface area contributed by atoms with Crippen molar-refractivity contribution in [3.63, 3.8) is 0 Å². The molecule has 2 aromatic heterocycles. The smallest absolute Gasteiger partial charge is 0.335 e. The topological polar surface area (TPSA) is 84.2 Å². The molecule has 6 nitrogen and oxygen atoms in total. The number of fused-ring (bicyclic) bond motifs is 2. The number of nitrogens with one attached hydrogen (secondary N) is 1. The maximum atomic E-state index is 13.6. The standard InChI is InChI=1S/C33H24FN3O3/c34-27-11-13-30-24(17-27)10-12-28(36-30)20-37-15-14-25-16-26(22-4-2-1-3-5-22)18-29(31(25)37)32(38)35-19-21-6-8-23(9-7-21)33(39)40/h1-18H,19-20H2,(H,35,38)(H,39,40). The van der Waals surface area contributed by atoms with E-state index in [1.54, 1.807) is 18.2 Å². The van der Waals surface area contributed by atoms with Crippen LogP contribution < -0.4 is 5.32 Å². The van der Waals surface area contributed by atoms with Gasteiger partial charge in [0.05, 0.1) is 34.4 Å². The average Bonchev–Trinajstić information content (AvgIpc) is 3.38. The summed E-state index contributed by atoms with van der Waals surface area (Å²) in [5, 5.41) is 13.8. The molecule has 196 valence electrons. The van der Waals surface area contributed by atoms with Crippen molar-refractivity contribution in [1.29, 1.82) is 0 Å². The van der Waals surface area contributed by atoms with Gasteiger partial charge in [-0.2, -0.15) is 0 Å². The van der Waals surface area contributed by atoms with E-state index in [9.17, 15) is 14.0 Å². The van der Waals surface area contributed by atoms with Crippen LogP contribution >= 0.6 is 0 Å². The van der Waals surface area contributed by atoms with Gasteiger partial charge in [-0.25, -0.2) is 9.18 Å². The Morgan fingerprint density at radius 1 is 0.825 bits per heavy atom. The van der Waals surface area contributed by atoms with Crippen LogP contribution in [0.2, 0.25) is 0 Å². The van der Waals surface area contributed by atoms with Gasteiger partial charge in [0.2, 0.25) is 0 Å². The van der Waals surface area contributed by atoms with Crippen LogP contribution in [-0.4, -0.2) is 26.5 Å². The molecular formula is C33H24FN3O3. The lowest BCUT2D eigenvalue weighted by Gasteiger charge is -2.13. The molecule has 0 aliphatic carbocycles. The molecule has 0 spiro atoms. The number of carboxylic acid groups (broad SMARTS) is 1. The summed E-state index contributed by atoms with van der Waals surface area (Å²) in [6, 6.07) is 30.5. The third-order valence-corrected chi connectivity index (χ3v) is 6.91. The average molecular weight is 530 g/mol. The first-order valence-electron chi connectivity index (χ1n) is 12.8. The monoisotopic (exact) mass is 529 g/mol. The fraction of sp³-hybridized carbons (Fsp3) is 0.0606. The third-order valence-electron chi connectivity index (χ3n) is 6.91. The molecule has 7 heteroatoms. The summed E-state index contributed by atoms with van der Waals surface area (Å²) < 4.78 is 15.6. The summed E-state index contributed by atoms with van der Waals surface area (Å²) >= 11 is 0. The Morgan fingerprint density at radius 2 is 1.62 bits per heavy atom. The van der Waals surface area contributed by atoms with E-state index < -0.39 is 5.97 Å². The third kappa shape index (κ3) is 5.05. The molecule has 0 fully saturated rings. The molecule has 0 unspecified atom stereocenters. The van der Waals surface area contributed by atoms with Gasteiger partial charge in [-0.15, -0.1) is 0 Å². The Kier molecular flexibility index (Phi) is 6.54. The van der Waals surface area contributed by atoms with Gasteiger partial charge in [-0.1, -0.05) is 48.5 Å². The van der Waals surface area contributed by atoms with Crippen molar-refractivity contribution < 1.29 is 19.1 Å². The molecule has 0 saturated heterocycles. The zero-order valence-electron chi connectivity index (χ0n) is 21.3. The minimum absolute atomic E-state index is 0.192. The number of aromatic nitrogens is 2. The molecule has 0 radical (unpaired) electrons. The SMILES string of the molecule is O=C(O)c1ccc(CNC(=O)c2cc(-c3ccccc3)cc3ccn(Cc4ccc5cc(F)ccc5n4)c23)cc1. The van der Waals surface area contributed by atoms with Crippen LogP contribution in [0.1, 0.15) is 32.0 Å². The van der Waals surface area contributed by atoms with Crippen molar-refractivity contribution >= 4 is 33.7 Å². The maximum Gasteiger partial charge on any atom is 0.335 e. The van der Waals surface area contributed by atoms with Crippen LogP contribution in [0, 0.1) is 5.82 Å². The number of amides is 1. The van der Waals surface area contributed by atoms with Crippen molar-refractivity contribution in [1.82, 2.24) is 14.9 Å². The molecule has 0 saturated carbocycles. The van der Waals surface area contributed by atoms with E-state index in [1.165, 1.54) is 24.3 Å². The zero-order chi connectivity index (χ0) is 27.6. The van der Waals surface area contributed by atoms with Gasteiger partial charge in [0.25, 0.3) is 5.91 Å². The van der Waals surface area contributed by atoms with Crippen molar-refractivity contribution in [3.8, 4) is 11.1 Å². The highest BCUT2D eigenvalue weighted by atomic mass is 19.1. The van der Waals surface area contributed by atoms with E-state index in [0.29, 0.717) is 17.6 Å². The quantitative estimate of drug-likeness (QED) is 0.242. The molecule has 40 heavy (non-hydrogen) atoms. The first-order valence-corrected chi connectivity index (χ1v) is 12.8. The molecule has 0 bridgehead atoms. The van der Waals surface area contributed by atoms with Gasteiger partial charge in [-0.05, 0) is 71.3 Å². The molecule has 0 aliphatic heterocycles. The largest absolute Gasteiger partial charge is 0.478 e. The maximum absolute atomic E-state index is 13.6. The van der Waals surface area contributed by atoms with Gasteiger partial charge in [0.15, 0.2) is 0 Å². The van der Waals surface area contributed by atoms with E-state index in [0.717, 1.165) is 38.7 Å². The number of aromatic carboxylic acids is 1. The highest BCUT2D eigenvalue weighted by Crippen LogP contribution is 2.29. The number of carboxylic acids is 1. The van der Waals surface area contributed by atoms with Crippen LogP contribution in [0.3, 0.4) is 0 Å². The lowest BCUT2D eigenvalue weighted by atomic mass is 10.00. The fourth-order valence-electron chi connectivity index (χ4n) is 4.90. The molecule has 6 aromatic rings. The number of rotatable bonds is 7. The number of benzene rings is 4. The summed E-state index contributed by atoms with van der Waals surface area (Å²) in [6.07, 6.45) is 1.94. The fourth-order valence-corrected chi connectivity index (χ4v) is 4.90. The highest BCUT2D eigenvalue weighted by molar-refractivity contribution is 6.08. The molecule has 0 atom stereocenters. The van der Waals surface area contributed by atoms with Crippen molar-refractivity contribution in [2.75, 3.05) is 0 Å². The summed E-state index contributed by atoms with van der Waals surface area (Å²) in [5.41, 5.74) is 5.69. The second kappa shape index (κ2) is 10.5. The van der Waals surface area contributed by atoms with E-state index in [1.807, 2.05) is 65.4 Å². The molecule has 2 N–H and O–H groups in total. The van der Waals surface area contributed by atoms with Gasteiger partial charge in [0.1, 0.15) is 5.82 Å². The second-order valence-electron chi connectivity index (χ2n) is 9.60. The number of carbonyl (C=O) groups is 2. The minimum atomic E-state index is -0.996. The predicted octanol–water partition coefficient (Wildman–Crippen LogP) is 6.67. The Hall–Kier alpha value is -5.30. The Morgan fingerprint density at radius 3 is 2.40 bits per heavy atom. The molecular weight excluding hydrogens is 505 g/mol. The van der Waals surface area contributed by atoms with E-state index >= 15 is 0 Å². The predicted molar refractivity (Wildman–Crippen MR) is 153 cm³/mol. The molecule has 0 aliphatic rings. The lowest BCUT2D eigenvalue weighted by Crippen LogP contribution is -2.23. The first kappa shape index (κ1) is 25.0. The number of carbonyl (C=O) groups excluding carboxylic acids is 1. The number of hydrogen-bond donors (Lipinski definition) is 2. The van der Waals surface area contributed by atoms with Crippen LogP contribution in [0.25, 0.3) is 32.9 Å². The number of nitrogens with zero attached hydrogens (tertiary/aromatic N) is 2. The van der Waals surface area contributed by atoms with Crippen LogP contribution in [0.15, 0.2) is 109 Å². The van der Waals surface area contributed by atoms with Gasteiger partial charge in [-0.3, -0.25) is 9.78 Å². The van der Waals surface area contributed by atoms with Crippen LogP contribution in [-0.2, 0) is 13.1 Å². The molecule has 6 rings (SSSR count). The summed E-state index contributed by atoms with van der Waals surface area (Å²) in [7, 11) is 0. The Balaban J connectivity index is 1.36. The number of pyridine rings is 1. The number of hydrogen-bond acceptors (Lipinski definition) is 3. The van der Waals surface area contributed by atoms with E-state index in [2.05, 4.69) is 11.4 Å². The van der Waals surface area contributed by atoms with Gasteiger partial charge in [0, 0.05) is 23.5 Å². The molecule has 1 amide bonds. The minimum Gasteiger partial charge on any atom is -0.478 e. The number of halogens is 1. The Bertz CT molecular complexity index is 1880. The Labute approximate surface area is 229 Å². The summed E-state index contributed by atoms with van der Waals surface area (Å²) in [4.78, 5) is 29.5. The van der Waals surface area contributed by atoms with Crippen LogP contribution in [0.5, 0.6) is 0 Å². The van der Waals surface area contributed by atoms with Crippen molar-refractivity contribution in [2.45, 2.75) is 13.1 Å². The summed E-state index contributed by atoms with van der Waals surface area (Å²) in [5.74, 6) is -1.54. The lowest BCUT2D eigenvalue weighted by molar-refractivity contribution is 0.0696. The van der Waals surface area contributed by atoms with E-state index in [-0.39, 0.29) is 23.8 Å². The zero-order valence-corrected chi connectivity index (χ0v) is 21.3. The molecule has 2 heterocycles. The van der Waals surface area contributed by atoms with Crippen molar-refractivity contribution in [3.05, 3.63) is 138 Å². The van der Waals surface area contributed by atoms with E-state index in [4.69, 9.17) is 10.1 Å². The molecule has 4 aromatic carbocycles. The van der Waals surface area contributed by atoms with Gasteiger partial charge >= 0.3 is 5.97 Å². The van der Waals surface area contributed by atoms with Crippen molar-refractivity contribution in [2.24, 2.45) is 0 Å². The first-order chi connectivity index (χ1) is 19.4. The van der Waals surface area contributed by atoms with Gasteiger partial charge < -0.3 is 15.0 Å². The second-order valence-corrected chi connectivity index (χ2v) is 9.60.